The van der Waals surface area contributed by atoms with Gasteiger partial charge in [0.1, 0.15) is 11.9 Å². The van der Waals surface area contributed by atoms with Gasteiger partial charge in [-0.15, -0.1) is 0 Å². The highest BCUT2D eigenvalue weighted by atomic mass is 32.2. The molecular weight excluding hydrogens is 311 g/mol. The third-order valence-electron chi connectivity index (χ3n) is 3.29. The van der Waals surface area contributed by atoms with Crippen molar-refractivity contribution in [3.8, 4) is 0 Å². The fourth-order valence-corrected chi connectivity index (χ4v) is 3.36. The number of rotatable bonds is 7. The van der Waals surface area contributed by atoms with Crippen molar-refractivity contribution in [3.63, 3.8) is 0 Å². The zero-order valence-corrected chi connectivity index (χ0v) is 13.1. The molecule has 1 unspecified atom stereocenters. The summed E-state index contributed by atoms with van der Waals surface area (Å²) < 4.78 is 44.2. The second-order valence-corrected chi connectivity index (χ2v) is 7.04. The molecule has 1 heterocycles. The molecule has 0 aromatic heterocycles. The van der Waals surface area contributed by atoms with Gasteiger partial charge in [0.2, 0.25) is 10.0 Å². The number of anilines is 1. The van der Waals surface area contributed by atoms with Crippen molar-refractivity contribution in [2.24, 2.45) is 0 Å². The highest BCUT2D eigenvalue weighted by Crippen LogP contribution is 2.22. The summed E-state index contributed by atoms with van der Waals surface area (Å²) in [5.41, 5.74) is 0.390. The van der Waals surface area contributed by atoms with Crippen LogP contribution >= 0.6 is 0 Å². The smallest absolute Gasteiger partial charge is 0.414 e. The monoisotopic (exact) mass is 330 g/mol. The molecule has 0 aliphatic carbocycles. The van der Waals surface area contributed by atoms with Crippen molar-refractivity contribution in [2.75, 3.05) is 23.7 Å². The fourth-order valence-electron chi connectivity index (χ4n) is 2.11. The largest absolute Gasteiger partial charge is 0.443 e. The molecule has 8 heteroatoms. The van der Waals surface area contributed by atoms with Gasteiger partial charge >= 0.3 is 6.09 Å². The number of cyclic esters (lactones) is 1. The van der Waals surface area contributed by atoms with E-state index < -0.39 is 28.0 Å². The number of nitrogens with zero attached hydrogens (tertiary/aromatic N) is 1. The Hall–Kier alpha value is -1.67. The van der Waals surface area contributed by atoms with Crippen molar-refractivity contribution in [2.45, 2.75) is 25.9 Å². The number of hydrogen-bond acceptors (Lipinski definition) is 4. The summed E-state index contributed by atoms with van der Waals surface area (Å²) in [5.74, 6) is -0.397. The average molecular weight is 330 g/mol. The quantitative estimate of drug-likeness (QED) is 0.828. The molecule has 1 aliphatic rings. The molecule has 1 aromatic rings. The number of ether oxygens (including phenoxy) is 1. The Morgan fingerprint density at radius 3 is 2.91 bits per heavy atom. The van der Waals surface area contributed by atoms with Gasteiger partial charge in [-0.05, 0) is 24.6 Å². The Bertz CT molecular complexity index is 635. The van der Waals surface area contributed by atoms with Gasteiger partial charge in [0, 0.05) is 6.54 Å². The summed E-state index contributed by atoms with van der Waals surface area (Å²) in [6.07, 6.45) is 0.164. The van der Waals surface area contributed by atoms with Crippen LogP contribution in [0.1, 0.15) is 19.8 Å². The van der Waals surface area contributed by atoms with Crippen LogP contribution in [0.5, 0.6) is 0 Å². The Kier molecular flexibility index (Phi) is 5.36. The number of sulfonamides is 1. The second kappa shape index (κ2) is 7.06. The van der Waals surface area contributed by atoms with Crippen LogP contribution in [0.4, 0.5) is 14.9 Å². The maximum absolute atomic E-state index is 13.2. The Morgan fingerprint density at radius 2 is 2.23 bits per heavy atom. The predicted octanol–water partition coefficient (Wildman–Crippen LogP) is 1.87. The van der Waals surface area contributed by atoms with Gasteiger partial charge in [0.25, 0.3) is 0 Å². The first-order chi connectivity index (χ1) is 10.4. The van der Waals surface area contributed by atoms with Crippen LogP contribution in [0.25, 0.3) is 0 Å². The number of carbonyl (C=O) groups is 1. The lowest BCUT2D eigenvalue weighted by molar-refractivity contribution is 0.143. The van der Waals surface area contributed by atoms with Crippen molar-refractivity contribution < 1.29 is 22.3 Å². The van der Waals surface area contributed by atoms with Crippen LogP contribution in [0, 0.1) is 5.82 Å². The number of benzene rings is 1. The highest BCUT2D eigenvalue weighted by Gasteiger charge is 2.33. The summed E-state index contributed by atoms with van der Waals surface area (Å²) in [7, 11) is -3.36. The van der Waals surface area contributed by atoms with Gasteiger partial charge in [-0.1, -0.05) is 19.4 Å². The molecule has 0 saturated carbocycles. The zero-order chi connectivity index (χ0) is 16.2. The van der Waals surface area contributed by atoms with E-state index in [0.717, 1.165) is 6.42 Å². The Labute approximate surface area is 129 Å². The van der Waals surface area contributed by atoms with Crippen LogP contribution in [-0.2, 0) is 14.8 Å². The number of halogens is 1. The lowest BCUT2D eigenvalue weighted by Gasteiger charge is -2.13. The molecule has 1 amide bonds. The van der Waals surface area contributed by atoms with E-state index in [1.54, 1.807) is 6.07 Å². The standard InChI is InChI=1S/C14H19FN2O4S/c1-2-3-7-22(19,20)16-9-13-10-17(14(18)21-13)12-6-4-5-11(15)8-12/h4-6,8,13,16H,2-3,7,9-10H2,1H3. The molecule has 0 radical (unpaired) electrons. The first-order valence-electron chi connectivity index (χ1n) is 7.12. The summed E-state index contributed by atoms with van der Waals surface area (Å²) >= 11 is 0. The lowest BCUT2D eigenvalue weighted by atomic mass is 10.2. The van der Waals surface area contributed by atoms with E-state index in [9.17, 15) is 17.6 Å². The molecule has 1 atom stereocenters. The fraction of sp³-hybridized carbons (Fsp3) is 0.500. The number of hydrogen-bond donors (Lipinski definition) is 1. The lowest BCUT2D eigenvalue weighted by Crippen LogP contribution is -2.35. The Balaban J connectivity index is 1.93. The van der Waals surface area contributed by atoms with Crippen molar-refractivity contribution in [1.29, 1.82) is 0 Å². The van der Waals surface area contributed by atoms with E-state index in [0.29, 0.717) is 12.1 Å². The summed E-state index contributed by atoms with van der Waals surface area (Å²) in [6.45, 7) is 2.10. The van der Waals surface area contributed by atoms with Crippen molar-refractivity contribution in [3.05, 3.63) is 30.1 Å². The van der Waals surface area contributed by atoms with Gasteiger partial charge in [-0.3, -0.25) is 4.90 Å². The molecule has 0 spiro atoms. The SMILES string of the molecule is CCCCS(=O)(=O)NCC1CN(c2cccc(F)c2)C(=O)O1. The number of unbranched alkanes of at least 4 members (excludes halogenated alkanes) is 1. The molecular formula is C14H19FN2O4S. The van der Waals surface area contributed by atoms with Gasteiger partial charge in [0.15, 0.2) is 0 Å². The van der Waals surface area contributed by atoms with Gasteiger partial charge in [-0.2, -0.15) is 0 Å². The minimum absolute atomic E-state index is 0.0175. The van der Waals surface area contributed by atoms with Gasteiger partial charge < -0.3 is 4.74 Å². The van der Waals surface area contributed by atoms with E-state index in [1.807, 2.05) is 6.92 Å². The molecule has 2 rings (SSSR count). The first-order valence-corrected chi connectivity index (χ1v) is 8.77. The van der Waals surface area contributed by atoms with E-state index in [1.165, 1.54) is 23.1 Å². The maximum atomic E-state index is 13.2. The molecule has 122 valence electrons. The highest BCUT2D eigenvalue weighted by molar-refractivity contribution is 7.89. The maximum Gasteiger partial charge on any atom is 0.414 e. The molecule has 1 fully saturated rings. The number of nitrogens with one attached hydrogen (secondary N) is 1. The van der Waals surface area contributed by atoms with Crippen LogP contribution in [0.2, 0.25) is 0 Å². The van der Waals surface area contributed by atoms with Crippen molar-refractivity contribution >= 4 is 21.8 Å². The third kappa shape index (κ3) is 4.41. The van der Waals surface area contributed by atoms with Crippen LogP contribution in [0.15, 0.2) is 24.3 Å². The minimum atomic E-state index is -3.36. The second-order valence-electron chi connectivity index (χ2n) is 5.12. The van der Waals surface area contributed by atoms with Crippen molar-refractivity contribution in [1.82, 2.24) is 4.72 Å². The molecule has 22 heavy (non-hydrogen) atoms. The molecule has 0 bridgehead atoms. The molecule has 1 N–H and O–H groups in total. The molecule has 6 nitrogen and oxygen atoms in total. The summed E-state index contributed by atoms with van der Waals surface area (Å²) in [4.78, 5) is 13.1. The van der Waals surface area contributed by atoms with Crippen LogP contribution in [-0.4, -0.2) is 39.5 Å². The normalized spacial score (nSPS) is 18.5. The topological polar surface area (TPSA) is 75.7 Å². The molecule has 1 saturated heterocycles. The first kappa shape index (κ1) is 16.7. The number of amides is 1. The predicted molar refractivity (Wildman–Crippen MR) is 80.7 cm³/mol. The van der Waals surface area contributed by atoms with Crippen LogP contribution in [0.3, 0.4) is 0 Å². The van der Waals surface area contributed by atoms with E-state index in [4.69, 9.17) is 4.74 Å². The van der Waals surface area contributed by atoms with Gasteiger partial charge in [0.05, 0.1) is 18.0 Å². The summed E-state index contributed by atoms with van der Waals surface area (Å²) in [5, 5.41) is 0. The summed E-state index contributed by atoms with van der Waals surface area (Å²) in [6, 6.07) is 5.61. The van der Waals surface area contributed by atoms with Crippen LogP contribution < -0.4 is 9.62 Å². The number of carbonyl (C=O) groups excluding carboxylic acids is 1. The molecule has 1 aromatic carbocycles. The van der Waals surface area contributed by atoms with E-state index >= 15 is 0 Å². The van der Waals surface area contributed by atoms with E-state index in [2.05, 4.69) is 4.72 Å². The van der Waals surface area contributed by atoms with Gasteiger partial charge in [-0.25, -0.2) is 22.3 Å². The average Bonchev–Trinajstić information content (AvgIpc) is 2.84. The van der Waals surface area contributed by atoms with E-state index in [-0.39, 0.29) is 18.8 Å². The minimum Gasteiger partial charge on any atom is -0.443 e. The Morgan fingerprint density at radius 1 is 1.45 bits per heavy atom. The zero-order valence-electron chi connectivity index (χ0n) is 12.3. The molecule has 1 aliphatic heterocycles. The third-order valence-corrected chi connectivity index (χ3v) is 4.72.